The van der Waals surface area contributed by atoms with Crippen LogP contribution in [0.1, 0.15) is 43.0 Å². The number of benzene rings is 2. The molecule has 32 heavy (non-hydrogen) atoms. The molecule has 2 N–H and O–H groups in total. The van der Waals surface area contributed by atoms with E-state index in [2.05, 4.69) is 22.5 Å². The van der Waals surface area contributed by atoms with Crippen LogP contribution in [0.15, 0.2) is 47.4 Å². The van der Waals surface area contributed by atoms with Crippen LogP contribution in [0.5, 0.6) is 0 Å². The smallest absolute Gasteiger partial charge is 0.323 e. The van der Waals surface area contributed by atoms with Crippen molar-refractivity contribution >= 4 is 40.8 Å². The lowest BCUT2D eigenvalue weighted by Crippen LogP contribution is -2.35. The molecule has 0 bridgehead atoms. The highest BCUT2D eigenvalue weighted by Gasteiger charge is 2.26. The number of thioether (sulfide) groups is 1. The SMILES string of the molecule is CSc1ccc(NC(=O)Nc2ccc(N3CCC(C)CC3)c(C(=O)N3CCCC3)c2)cc1. The average Bonchev–Trinajstić information content (AvgIpc) is 3.35. The van der Waals surface area contributed by atoms with Gasteiger partial charge in [-0.3, -0.25) is 4.79 Å². The minimum Gasteiger partial charge on any atom is -0.371 e. The van der Waals surface area contributed by atoms with Gasteiger partial charge < -0.3 is 20.4 Å². The molecule has 3 amide bonds. The van der Waals surface area contributed by atoms with Gasteiger partial charge >= 0.3 is 6.03 Å². The molecule has 2 fully saturated rings. The molecule has 2 saturated heterocycles. The van der Waals surface area contributed by atoms with Gasteiger partial charge in [-0.2, -0.15) is 0 Å². The number of likely N-dealkylation sites (tertiary alicyclic amines) is 1. The molecule has 4 rings (SSSR count). The van der Waals surface area contributed by atoms with E-state index in [0.717, 1.165) is 74.1 Å². The van der Waals surface area contributed by atoms with Crippen molar-refractivity contribution in [3.8, 4) is 0 Å². The largest absolute Gasteiger partial charge is 0.371 e. The van der Waals surface area contributed by atoms with Crippen LogP contribution in [0.4, 0.5) is 21.9 Å². The predicted molar refractivity (Wildman–Crippen MR) is 133 cm³/mol. The highest BCUT2D eigenvalue weighted by atomic mass is 32.2. The highest BCUT2D eigenvalue weighted by Crippen LogP contribution is 2.30. The highest BCUT2D eigenvalue weighted by molar-refractivity contribution is 7.98. The Bertz CT molecular complexity index is 949. The average molecular weight is 453 g/mol. The van der Waals surface area contributed by atoms with Crippen molar-refractivity contribution in [1.29, 1.82) is 0 Å². The second-order valence-corrected chi connectivity index (χ2v) is 9.59. The van der Waals surface area contributed by atoms with E-state index in [1.165, 1.54) is 0 Å². The second-order valence-electron chi connectivity index (χ2n) is 8.71. The summed E-state index contributed by atoms with van der Waals surface area (Å²) in [6.07, 6.45) is 6.39. The molecule has 2 aromatic rings. The first-order chi connectivity index (χ1) is 15.5. The molecular weight excluding hydrogens is 420 g/mol. The summed E-state index contributed by atoms with van der Waals surface area (Å²) in [7, 11) is 0. The van der Waals surface area contributed by atoms with E-state index < -0.39 is 0 Å². The van der Waals surface area contributed by atoms with Gasteiger partial charge in [-0.1, -0.05) is 6.92 Å². The Labute approximate surface area is 194 Å². The molecule has 0 spiro atoms. The van der Waals surface area contributed by atoms with E-state index in [9.17, 15) is 9.59 Å². The number of rotatable bonds is 5. The first kappa shape index (κ1) is 22.5. The van der Waals surface area contributed by atoms with Crippen molar-refractivity contribution in [3.63, 3.8) is 0 Å². The Morgan fingerprint density at radius 1 is 0.906 bits per heavy atom. The van der Waals surface area contributed by atoms with Gasteiger partial charge in [0.1, 0.15) is 0 Å². The maximum absolute atomic E-state index is 13.3. The standard InChI is InChI=1S/C25H32N4O2S/c1-18-11-15-28(16-12-18)23-10-7-20(17-22(23)24(30)29-13-3-4-14-29)27-25(31)26-19-5-8-21(32-2)9-6-19/h5-10,17-18H,3-4,11-16H2,1-2H3,(H2,26,27,31). The van der Waals surface area contributed by atoms with Crippen LogP contribution < -0.4 is 15.5 Å². The van der Waals surface area contributed by atoms with Crippen molar-refractivity contribution in [3.05, 3.63) is 48.0 Å². The van der Waals surface area contributed by atoms with Crippen LogP contribution in [0.25, 0.3) is 0 Å². The predicted octanol–water partition coefficient (Wildman–Crippen LogP) is 5.52. The van der Waals surface area contributed by atoms with Gasteiger partial charge in [0.05, 0.1) is 5.56 Å². The van der Waals surface area contributed by atoms with Gasteiger partial charge in [0.15, 0.2) is 0 Å². The Hall–Kier alpha value is -2.67. The topological polar surface area (TPSA) is 64.7 Å². The zero-order chi connectivity index (χ0) is 22.5. The lowest BCUT2D eigenvalue weighted by Gasteiger charge is -2.34. The molecule has 0 radical (unpaired) electrons. The summed E-state index contributed by atoms with van der Waals surface area (Å²) in [6.45, 7) is 5.81. The summed E-state index contributed by atoms with van der Waals surface area (Å²) < 4.78 is 0. The fourth-order valence-electron chi connectivity index (χ4n) is 4.37. The molecule has 6 nitrogen and oxygen atoms in total. The minimum atomic E-state index is -0.318. The molecule has 0 unspecified atom stereocenters. The van der Waals surface area contributed by atoms with Crippen LogP contribution in [0.2, 0.25) is 0 Å². The molecule has 7 heteroatoms. The maximum atomic E-state index is 13.3. The summed E-state index contributed by atoms with van der Waals surface area (Å²) in [5.41, 5.74) is 3.02. The van der Waals surface area contributed by atoms with Gasteiger partial charge in [0.2, 0.25) is 0 Å². The van der Waals surface area contributed by atoms with Gasteiger partial charge in [-0.25, -0.2) is 4.79 Å². The number of nitrogens with zero attached hydrogens (tertiary/aromatic N) is 2. The van der Waals surface area contributed by atoms with E-state index in [0.29, 0.717) is 11.3 Å². The molecule has 2 aliphatic heterocycles. The summed E-state index contributed by atoms with van der Waals surface area (Å²) >= 11 is 1.66. The first-order valence-corrected chi connectivity index (χ1v) is 12.7. The molecule has 0 saturated carbocycles. The molecule has 170 valence electrons. The Morgan fingerprint density at radius 2 is 1.53 bits per heavy atom. The molecule has 2 heterocycles. The molecule has 2 aliphatic rings. The molecule has 0 aromatic heterocycles. The molecular formula is C25H32N4O2S. The Kier molecular flexibility index (Phi) is 7.25. The number of hydrogen-bond donors (Lipinski definition) is 2. The van der Waals surface area contributed by atoms with Crippen LogP contribution in [-0.4, -0.2) is 49.3 Å². The van der Waals surface area contributed by atoms with E-state index >= 15 is 0 Å². The molecule has 0 atom stereocenters. The minimum absolute atomic E-state index is 0.0628. The van der Waals surface area contributed by atoms with Crippen LogP contribution >= 0.6 is 11.8 Å². The fourth-order valence-corrected chi connectivity index (χ4v) is 4.78. The first-order valence-electron chi connectivity index (χ1n) is 11.4. The molecule has 0 aliphatic carbocycles. The third-order valence-electron chi connectivity index (χ3n) is 6.35. The normalized spacial score (nSPS) is 16.8. The summed E-state index contributed by atoms with van der Waals surface area (Å²) in [4.78, 5) is 31.3. The number of urea groups is 1. The van der Waals surface area contributed by atoms with Crippen molar-refractivity contribution in [2.75, 3.05) is 48.0 Å². The zero-order valence-corrected chi connectivity index (χ0v) is 19.7. The van der Waals surface area contributed by atoms with E-state index in [4.69, 9.17) is 0 Å². The monoisotopic (exact) mass is 452 g/mol. The van der Waals surface area contributed by atoms with Crippen LogP contribution in [-0.2, 0) is 0 Å². The van der Waals surface area contributed by atoms with Crippen molar-refractivity contribution in [1.82, 2.24) is 4.90 Å². The fraction of sp³-hybridized carbons (Fsp3) is 0.440. The summed E-state index contributed by atoms with van der Waals surface area (Å²) in [5, 5.41) is 5.76. The third-order valence-corrected chi connectivity index (χ3v) is 7.09. The number of nitrogens with one attached hydrogen (secondary N) is 2. The van der Waals surface area contributed by atoms with Gasteiger partial charge in [-0.15, -0.1) is 11.8 Å². The third kappa shape index (κ3) is 5.38. The Morgan fingerprint density at radius 3 is 2.19 bits per heavy atom. The van der Waals surface area contributed by atoms with Crippen molar-refractivity contribution < 1.29 is 9.59 Å². The number of anilines is 3. The van der Waals surface area contributed by atoms with Gasteiger partial charge in [0, 0.05) is 48.1 Å². The van der Waals surface area contributed by atoms with Crippen LogP contribution in [0.3, 0.4) is 0 Å². The number of hydrogen-bond acceptors (Lipinski definition) is 4. The van der Waals surface area contributed by atoms with Gasteiger partial charge in [0.25, 0.3) is 5.91 Å². The van der Waals surface area contributed by atoms with Gasteiger partial charge in [-0.05, 0) is 80.3 Å². The maximum Gasteiger partial charge on any atom is 0.323 e. The van der Waals surface area contributed by atoms with Crippen molar-refractivity contribution in [2.24, 2.45) is 5.92 Å². The van der Waals surface area contributed by atoms with Crippen LogP contribution in [0, 0.1) is 5.92 Å². The van der Waals surface area contributed by atoms with E-state index in [-0.39, 0.29) is 11.9 Å². The lowest BCUT2D eigenvalue weighted by atomic mass is 9.97. The quantitative estimate of drug-likeness (QED) is 0.586. The van der Waals surface area contributed by atoms with E-state index in [1.807, 2.05) is 53.6 Å². The lowest BCUT2D eigenvalue weighted by molar-refractivity contribution is 0.0793. The Balaban J connectivity index is 1.52. The molecule has 2 aromatic carbocycles. The van der Waals surface area contributed by atoms with E-state index in [1.54, 1.807) is 11.8 Å². The number of carbonyl (C=O) groups is 2. The summed E-state index contributed by atoms with van der Waals surface area (Å²) in [5.74, 6) is 0.784. The number of carbonyl (C=O) groups excluding carboxylic acids is 2. The zero-order valence-electron chi connectivity index (χ0n) is 18.9. The van der Waals surface area contributed by atoms with Crippen molar-refractivity contribution in [2.45, 2.75) is 37.5 Å². The second kappa shape index (κ2) is 10.3. The number of piperidine rings is 1. The number of amides is 3. The summed E-state index contributed by atoms with van der Waals surface area (Å²) in [6, 6.07) is 13.1.